The molecule has 0 spiro atoms. The van der Waals surface area contributed by atoms with Crippen LogP contribution in [0.25, 0.3) is 11.1 Å². The number of hydrogen-bond acceptors (Lipinski definition) is 4. The van der Waals surface area contributed by atoms with E-state index in [1.54, 1.807) is 6.07 Å². The molecule has 0 bridgehead atoms. The minimum absolute atomic E-state index is 0.0328. The highest BCUT2D eigenvalue weighted by Crippen LogP contribution is 2.28. The van der Waals surface area contributed by atoms with E-state index in [1.165, 1.54) is 17.0 Å². The number of benzene rings is 2. The molecule has 2 saturated heterocycles. The molecule has 2 aliphatic heterocycles. The summed E-state index contributed by atoms with van der Waals surface area (Å²) in [5, 5.41) is 9.82. The summed E-state index contributed by atoms with van der Waals surface area (Å²) in [6.45, 7) is 7.58. The lowest BCUT2D eigenvalue weighted by molar-refractivity contribution is 0.0470. The second-order valence-corrected chi connectivity index (χ2v) is 10.7. The van der Waals surface area contributed by atoms with Gasteiger partial charge < -0.3 is 19.6 Å². The van der Waals surface area contributed by atoms with Crippen molar-refractivity contribution >= 4 is 5.91 Å². The van der Waals surface area contributed by atoms with Crippen molar-refractivity contribution in [2.75, 3.05) is 39.3 Å². The predicted molar refractivity (Wildman–Crippen MR) is 142 cm³/mol. The smallest absolute Gasteiger partial charge is 0.256 e. The summed E-state index contributed by atoms with van der Waals surface area (Å²) in [5.74, 6) is 0.282. The molecule has 4 rings (SSSR count). The number of likely N-dealkylation sites (tertiary alicyclic amines) is 2. The number of ether oxygens (including phenoxy) is 1. The van der Waals surface area contributed by atoms with Gasteiger partial charge in [0.1, 0.15) is 17.2 Å². The third kappa shape index (κ3) is 7.08. The fraction of sp³-hybridized carbons (Fsp3) is 0.567. The van der Waals surface area contributed by atoms with Gasteiger partial charge >= 0.3 is 0 Å². The normalized spacial score (nSPS) is 19.7. The lowest BCUT2D eigenvalue weighted by Crippen LogP contribution is -2.44. The molecule has 0 radical (unpaired) electrons. The van der Waals surface area contributed by atoms with Crippen molar-refractivity contribution in [2.24, 2.45) is 5.92 Å². The molecule has 7 heteroatoms. The van der Waals surface area contributed by atoms with E-state index in [9.17, 15) is 18.7 Å². The number of halogens is 2. The van der Waals surface area contributed by atoms with E-state index in [1.807, 2.05) is 38.1 Å². The van der Waals surface area contributed by atoms with Gasteiger partial charge in [0.05, 0.1) is 18.3 Å². The van der Waals surface area contributed by atoms with Gasteiger partial charge in [-0.2, -0.15) is 0 Å². The Bertz CT molecular complexity index is 1030. The highest BCUT2D eigenvalue weighted by Gasteiger charge is 2.30. The first kappa shape index (κ1) is 27.5. The number of hydrogen-bond donors (Lipinski definition) is 1. The average molecular weight is 515 g/mol. The molecule has 1 amide bonds. The Morgan fingerprint density at radius 2 is 1.70 bits per heavy atom. The largest absolute Gasteiger partial charge is 0.493 e. The van der Waals surface area contributed by atoms with Crippen LogP contribution >= 0.6 is 0 Å². The summed E-state index contributed by atoms with van der Waals surface area (Å²) in [6, 6.07) is 12.2. The topological polar surface area (TPSA) is 53.0 Å². The fourth-order valence-electron chi connectivity index (χ4n) is 5.32. The molecule has 2 aromatic rings. The lowest BCUT2D eigenvalue weighted by atomic mass is 9.94. The number of piperidine rings is 2. The highest BCUT2D eigenvalue weighted by atomic mass is 19.1. The quantitative estimate of drug-likeness (QED) is 0.466. The molecule has 0 saturated carbocycles. The molecule has 37 heavy (non-hydrogen) atoms. The van der Waals surface area contributed by atoms with Gasteiger partial charge in [-0.1, -0.05) is 32.0 Å². The van der Waals surface area contributed by atoms with Crippen molar-refractivity contribution in [1.82, 2.24) is 9.80 Å². The number of nitrogens with zero attached hydrogens (tertiary/aromatic N) is 2. The zero-order valence-electron chi connectivity index (χ0n) is 22.1. The summed E-state index contributed by atoms with van der Waals surface area (Å²) in [7, 11) is 0. The summed E-state index contributed by atoms with van der Waals surface area (Å²) in [6.07, 6.45) is 3.96. The minimum Gasteiger partial charge on any atom is -0.493 e. The van der Waals surface area contributed by atoms with E-state index in [-0.39, 0.29) is 18.0 Å². The first-order chi connectivity index (χ1) is 17.8. The molecule has 0 aliphatic carbocycles. The van der Waals surface area contributed by atoms with Gasteiger partial charge in [-0.05, 0) is 92.9 Å². The Morgan fingerprint density at radius 3 is 2.32 bits per heavy atom. The molecule has 202 valence electrons. The maximum Gasteiger partial charge on any atom is 0.256 e. The van der Waals surface area contributed by atoms with Gasteiger partial charge in [0.2, 0.25) is 0 Å². The molecule has 2 fully saturated rings. The molecule has 5 nitrogen and oxygen atoms in total. The highest BCUT2D eigenvalue weighted by molar-refractivity contribution is 5.95. The SMILES string of the molecule is CCC(F)(CC)CN1CCC(COc2ccc(-c3ccc(C(=O)N4CCC[C@H](O)C4)c(F)c3)cc2)CC1. The fourth-order valence-corrected chi connectivity index (χ4v) is 5.32. The summed E-state index contributed by atoms with van der Waals surface area (Å²) in [4.78, 5) is 16.5. The van der Waals surface area contributed by atoms with Crippen LogP contribution in [0.4, 0.5) is 8.78 Å². The van der Waals surface area contributed by atoms with Gasteiger partial charge in [-0.15, -0.1) is 0 Å². The molecule has 1 atom stereocenters. The Morgan fingerprint density at radius 1 is 1.03 bits per heavy atom. The van der Waals surface area contributed by atoms with E-state index < -0.39 is 17.6 Å². The van der Waals surface area contributed by atoms with Crippen molar-refractivity contribution in [2.45, 2.75) is 64.1 Å². The van der Waals surface area contributed by atoms with Gasteiger partial charge in [-0.25, -0.2) is 8.78 Å². The second kappa shape index (κ2) is 12.4. The van der Waals surface area contributed by atoms with E-state index in [0.717, 1.165) is 43.7 Å². The standard InChI is InChI=1S/C30H40F2N2O3/c1-3-30(32,4-2)21-33-16-13-22(14-17-33)20-37-26-10-7-23(8-11-26)24-9-12-27(28(31)18-24)29(36)34-15-5-6-25(35)19-34/h7-12,18,22,25,35H,3-6,13-17,19-21H2,1-2H3/t25-/m0/s1. The molecule has 1 N–H and O–H groups in total. The molecule has 2 heterocycles. The number of aliphatic hydroxyl groups excluding tert-OH is 1. The van der Waals surface area contributed by atoms with Gasteiger partial charge in [0, 0.05) is 19.6 Å². The van der Waals surface area contributed by atoms with Crippen molar-refractivity contribution in [3.05, 3.63) is 53.8 Å². The first-order valence-electron chi connectivity index (χ1n) is 13.7. The monoisotopic (exact) mass is 514 g/mol. The number of amides is 1. The van der Waals surface area contributed by atoms with Gasteiger partial charge in [-0.3, -0.25) is 4.79 Å². The van der Waals surface area contributed by atoms with Crippen LogP contribution in [0.3, 0.4) is 0 Å². The number of β-amino-alcohol motifs (C(OH)–C–C–N with tert-alkyl or cyclic N) is 1. The van der Waals surface area contributed by atoms with Crippen molar-refractivity contribution in [1.29, 1.82) is 0 Å². The van der Waals surface area contributed by atoms with Crippen LogP contribution in [0.1, 0.15) is 62.7 Å². The second-order valence-electron chi connectivity index (χ2n) is 10.7. The minimum atomic E-state index is -1.08. The van der Waals surface area contributed by atoms with E-state index in [2.05, 4.69) is 4.90 Å². The molecule has 2 aliphatic rings. The van der Waals surface area contributed by atoms with Crippen molar-refractivity contribution in [3.8, 4) is 16.9 Å². The maximum atomic E-state index is 14.8. The van der Waals surface area contributed by atoms with Crippen LogP contribution in [-0.4, -0.2) is 71.9 Å². The Hall–Kier alpha value is -2.51. The molecule has 2 aromatic carbocycles. The zero-order valence-corrected chi connectivity index (χ0v) is 22.1. The first-order valence-corrected chi connectivity index (χ1v) is 13.7. The van der Waals surface area contributed by atoms with Gasteiger partial charge in [0.25, 0.3) is 5.91 Å². The number of alkyl halides is 1. The van der Waals surface area contributed by atoms with Crippen LogP contribution in [-0.2, 0) is 0 Å². The Kier molecular flexibility index (Phi) is 9.19. The van der Waals surface area contributed by atoms with E-state index >= 15 is 0 Å². The summed E-state index contributed by atoms with van der Waals surface area (Å²) in [5.41, 5.74) is 0.481. The summed E-state index contributed by atoms with van der Waals surface area (Å²) >= 11 is 0. The van der Waals surface area contributed by atoms with Gasteiger partial charge in [0.15, 0.2) is 0 Å². The Labute approximate surface area is 219 Å². The molecular formula is C30H40F2N2O3. The molecule has 0 unspecified atom stereocenters. The lowest BCUT2D eigenvalue weighted by Gasteiger charge is -2.36. The van der Waals surface area contributed by atoms with Crippen LogP contribution in [0, 0.1) is 11.7 Å². The summed E-state index contributed by atoms with van der Waals surface area (Å²) < 4.78 is 35.6. The number of aliphatic hydroxyl groups is 1. The predicted octanol–water partition coefficient (Wildman–Crippen LogP) is 5.71. The Balaban J connectivity index is 1.28. The number of rotatable bonds is 9. The van der Waals surface area contributed by atoms with Crippen molar-refractivity contribution < 1.29 is 23.4 Å². The van der Waals surface area contributed by atoms with Crippen LogP contribution < -0.4 is 4.74 Å². The van der Waals surface area contributed by atoms with Crippen LogP contribution in [0.2, 0.25) is 0 Å². The maximum absolute atomic E-state index is 14.8. The van der Waals surface area contributed by atoms with Crippen LogP contribution in [0.5, 0.6) is 5.75 Å². The molecular weight excluding hydrogens is 474 g/mol. The van der Waals surface area contributed by atoms with E-state index in [4.69, 9.17) is 4.74 Å². The third-order valence-electron chi connectivity index (χ3n) is 8.04. The third-order valence-corrected chi connectivity index (χ3v) is 8.04. The van der Waals surface area contributed by atoms with E-state index in [0.29, 0.717) is 50.4 Å². The van der Waals surface area contributed by atoms with Crippen molar-refractivity contribution in [3.63, 3.8) is 0 Å². The molecule has 0 aromatic heterocycles. The zero-order chi connectivity index (χ0) is 26.4. The number of carbonyl (C=O) groups is 1. The number of carbonyl (C=O) groups excluding carboxylic acids is 1. The average Bonchev–Trinajstić information content (AvgIpc) is 2.92. The van der Waals surface area contributed by atoms with Crippen LogP contribution in [0.15, 0.2) is 42.5 Å².